The molecular formula is C22H28FN3O2. The highest BCUT2D eigenvalue weighted by atomic mass is 19.1. The van der Waals surface area contributed by atoms with Gasteiger partial charge in [0.25, 0.3) is 0 Å². The summed E-state index contributed by atoms with van der Waals surface area (Å²) < 4.78 is 13.2. The Morgan fingerprint density at radius 3 is 2.36 bits per heavy atom. The van der Waals surface area contributed by atoms with Crippen molar-refractivity contribution in [3.8, 4) is 5.75 Å². The van der Waals surface area contributed by atoms with Gasteiger partial charge in [-0.15, -0.1) is 0 Å². The van der Waals surface area contributed by atoms with E-state index in [1.807, 2.05) is 4.90 Å². The van der Waals surface area contributed by atoms with Gasteiger partial charge in [-0.3, -0.25) is 0 Å². The van der Waals surface area contributed by atoms with E-state index >= 15 is 0 Å². The van der Waals surface area contributed by atoms with Gasteiger partial charge in [-0.25, -0.2) is 9.18 Å². The van der Waals surface area contributed by atoms with Gasteiger partial charge < -0.3 is 20.2 Å². The molecule has 1 aliphatic rings. The molecule has 2 amide bonds. The Morgan fingerprint density at radius 2 is 1.71 bits per heavy atom. The predicted molar refractivity (Wildman–Crippen MR) is 107 cm³/mol. The SMILES string of the molecule is CN1CCC(CN(Cc2ccc(F)cc2)C(=O)NCc2ccc(O)cc2)CC1. The second kappa shape index (κ2) is 9.55. The lowest BCUT2D eigenvalue weighted by Crippen LogP contribution is -2.43. The van der Waals surface area contributed by atoms with E-state index in [0.29, 0.717) is 25.6 Å². The number of hydrogen-bond donors (Lipinski definition) is 2. The van der Waals surface area contributed by atoms with Crippen molar-refractivity contribution in [3.63, 3.8) is 0 Å². The topological polar surface area (TPSA) is 55.8 Å². The number of hydrogen-bond acceptors (Lipinski definition) is 3. The molecule has 6 heteroatoms. The second-order valence-corrected chi connectivity index (χ2v) is 7.58. The second-order valence-electron chi connectivity index (χ2n) is 7.58. The summed E-state index contributed by atoms with van der Waals surface area (Å²) in [6.07, 6.45) is 2.14. The Bertz CT molecular complexity index is 756. The van der Waals surface area contributed by atoms with Crippen LogP contribution in [0.1, 0.15) is 24.0 Å². The number of rotatable bonds is 6. The normalized spacial score (nSPS) is 15.4. The Morgan fingerprint density at radius 1 is 1.11 bits per heavy atom. The molecule has 0 saturated carbocycles. The Kier molecular flexibility index (Phi) is 6.87. The molecule has 150 valence electrons. The van der Waals surface area contributed by atoms with E-state index in [9.17, 15) is 14.3 Å². The fourth-order valence-corrected chi connectivity index (χ4v) is 3.49. The lowest BCUT2D eigenvalue weighted by atomic mass is 9.96. The number of aromatic hydroxyl groups is 1. The van der Waals surface area contributed by atoms with E-state index in [1.165, 1.54) is 12.1 Å². The number of phenolic OH excluding ortho intramolecular Hbond substituents is 1. The van der Waals surface area contributed by atoms with Crippen LogP contribution in [0.2, 0.25) is 0 Å². The fraction of sp³-hybridized carbons (Fsp3) is 0.409. The van der Waals surface area contributed by atoms with Crippen LogP contribution in [0.15, 0.2) is 48.5 Å². The zero-order valence-corrected chi connectivity index (χ0v) is 16.3. The summed E-state index contributed by atoms with van der Waals surface area (Å²) in [6, 6.07) is 13.0. The fourth-order valence-electron chi connectivity index (χ4n) is 3.49. The Hall–Kier alpha value is -2.60. The molecule has 0 atom stereocenters. The number of phenols is 1. The van der Waals surface area contributed by atoms with Crippen molar-refractivity contribution in [3.05, 3.63) is 65.5 Å². The molecule has 0 aromatic heterocycles. The van der Waals surface area contributed by atoms with Crippen molar-refractivity contribution in [1.29, 1.82) is 0 Å². The number of nitrogens with one attached hydrogen (secondary N) is 1. The summed E-state index contributed by atoms with van der Waals surface area (Å²) in [5.74, 6) is 0.397. The highest BCUT2D eigenvalue weighted by Crippen LogP contribution is 2.19. The summed E-state index contributed by atoms with van der Waals surface area (Å²) in [4.78, 5) is 17.0. The van der Waals surface area contributed by atoms with Crippen LogP contribution in [-0.2, 0) is 13.1 Å². The number of amides is 2. The third-order valence-electron chi connectivity index (χ3n) is 5.27. The number of halogens is 1. The molecule has 2 aromatic rings. The summed E-state index contributed by atoms with van der Waals surface area (Å²) in [5.41, 5.74) is 1.83. The van der Waals surface area contributed by atoms with Gasteiger partial charge in [-0.2, -0.15) is 0 Å². The minimum absolute atomic E-state index is 0.128. The maximum absolute atomic E-state index is 13.2. The van der Waals surface area contributed by atoms with Crippen molar-refractivity contribution >= 4 is 6.03 Å². The third-order valence-corrected chi connectivity index (χ3v) is 5.27. The van der Waals surface area contributed by atoms with E-state index in [0.717, 1.165) is 37.1 Å². The first-order chi connectivity index (χ1) is 13.5. The minimum atomic E-state index is -0.276. The van der Waals surface area contributed by atoms with Crippen LogP contribution in [0.25, 0.3) is 0 Å². The molecule has 0 spiro atoms. The van der Waals surface area contributed by atoms with E-state index in [4.69, 9.17) is 0 Å². The van der Waals surface area contributed by atoms with Crippen molar-refractivity contribution in [2.45, 2.75) is 25.9 Å². The molecule has 2 aromatic carbocycles. The van der Waals surface area contributed by atoms with Crippen molar-refractivity contribution in [2.75, 3.05) is 26.7 Å². The van der Waals surface area contributed by atoms with Gasteiger partial charge in [0.05, 0.1) is 0 Å². The standard InChI is InChI=1S/C22H28FN3O2/c1-25-12-10-19(11-13-25)16-26(15-18-2-6-20(23)7-3-18)22(28)24-14-17-4-8-21(27)9-5-17/h2-9,19,27H,10-16H2,1H3,(H,24,28). The largest absolute Gasteiger partial charge is 0.508 e. The molecule has 0 aliphatic carbocycles. The van der Waals surface area contributed by atoms with Gasteiger partial charge in [-0.1, -0.05) is 24.3 Å². The number of urea groups is 1. The van der Waals surface area contributed by atoms with Crippen LogP contribution in [0.5, 0.6) is 5.75 Å². The van der Waals surface area contributed by atoms with E-state index < -0.39 is 0 Å². The Labute approximate surface area is 165 Å². The Balaban J connectivity index is 1.63. The zero-order valence-electron chi connectivity index (χ0n) is 16.3. The maximum Gasteiger partial charge on any atom is 0.317 e. The van der Waals surface area contributed by atoms with Crippen molar-refractivity contribution in [2.24, 2.45) is 5.92 Å². The van der Waals surface area contributed by atoms with Crippen molar-refractivity contribution in [1.82, 2.24) is 15.1 Å². The summed E-state index contributed by atoms with van der Waals surface area (Å²) in [7, 11) is 2.12. The van der Waals surface area contributed by atoms with Crippen LogP contribution in [0.4, 0.5) is 9.18 Å². The van der Waals surface area contributed by atoms with Gasteiger partial charge in [0.2, 0.25) is 0 Å². The molecule has 1 aliphatic heterocycles. The summed E-state index contributed by atoms with van der Waals surface area (Å²) in [5, 5.41) is 12.4. The molecule has 1 fully saturated rings. The van der Waals surface area contributed by atoms with Crippen LogP contribution >= 0.6 is 0 Å². The number of piperidine rings is 1. The molecule has 0 radical (unpaired) electrons. The summed E-state index contributed by atoms with van der Waals surface area (Å²) >= 11 is 0. The number of carbonyl (C=O) groups excluding carboxylic acids is 1. The highest BCUT2D eigenvalue weighted by molar-refractivity contribution is 5.74. The summed E-state index contributed by atoms with van der Waals surface area (Å²) in [6.45, 7) is 3.63. The number of carbonyl (C=O) groups is 1. The van der Waals surface area contributed by atoms with Gasteiger partial charge in [0.15, 0.2) is 0 Å². The average Bonchev–Trinajstić information content (AvgIpc) is 2.70. The first-order valence-electron chi connectivity index (χ1n) is 9.73. The maximum atomic E-state index is 13.2. The van der Waals surface area contributed by atoms with Crippen molar-refractivity contribution < 1.29 is 14.3 Å². The number of benzene rings is 2. The molecule has 0 bridgehead atoms. The highest BCUT2D eigenvalue weighted by Gasteiger charge is 2.22. The predicted octanol–water partition coefficient (Wildman–Crippen LogP) is 3.58. The molecule has 3 rings (SSSR count). The van der Waals surface area contributed by atoms with Crippen LogP contribution in [-0.4, -0.2) is 47.6 Å². The third kappa shape index (κ3) is 5.96. The number of likely N-dealkylation sites (tertiary alicyclic amines) is 1. The zero-order chi connectivity index (χ0) is 19.9. The molecule has 2 N–H and O–H groups in total. The average molecular weight is 385 g/mol. The minimum Gasteiger partial charge on any atom is -0.508 e. The molecule has 28 heavy (non-hydrogen) atoms. The van der Waals surface area contributed by atoms with Gasteiger partial charge in [0.1, 0.15) is 11.6 Å². The molecule has 0 unspecified atom stereocenters. The van der Waals surface area contributed by atoms with Gasteiger partial charge in [0, 0.05) is 19.6 Å². The monoisotopic (exact) mass is 385 g/mol. The smallest absolute Gasteiger partial charge is 0.317 e. The van der Waals surface area contributed by atoms with Crippen LogP contribution in [0.3, 0.4) is 0 Å². The quantitative estimate of drug-likeness (QED) is 0.799. The molecule has 1 heterocycles. The lowest BCUT2D eigenvalue weighted by molar-refractivity contribution is 0.155. The molecular weight excluding hydrogens is 357 g/mol. The first kappa shape index (κ1) is 20.1. The van der Waals surface area contributed by atoms with Gasteiger partial charge in [-0.05, 0) is 74.3 Å². The molecule has 5 nitrogen and oxygen atoms in total. The van der Waals surface area contributed by atoms with E-state index in [-0.39, 0.29) is 17.6 Å². The first-order valence-corrected chi connectivity index (χ1v) is 9.73. The van der Waals surface area contributed by atoms with Gasteiger partial charge >= 0.3 is 6.03 Å². The number of nitrogens with zero attached hydrogens (tertiary/aromatic N) is 2. The van der Waals surface area contributed by atoms with E-state index in [2.05, 4.69) is 17.3 Å². The van der Waals surface area contributed by atoms with E-state index in [1.54, 1.807) is 36.4 Å². The van der Waals surface area contributed by atoms with Crippen LogP contribution < -0.4 is 5.32 Å². The van der Waals surface area contributed by atoms with Crippen LogP contribution in [0, 0.1) is 11.7 Å². The lowest BCUT2D eigenvalue weighted by Gasteiger charge is -2.33. The molecule has 1 saturated heterocycles.